The summed E-state index contributed by atoms with van der Waals surface area (Å²) in [4.78, 5) is 13.9. The van der Waals surface area contributed by atoms with E-state index in [1.165, 1.54) is 25.3 Å². The number of nitrogens with zero attached hydrogens (tertiary/aromatic N) is 1. The van der Waals surface area contributed by atoms with Crippen molar-refractivity contribution in [1.82, 2.24) is 0 Å². The normalized spacial score (nSPS) is 10.8. The highest BCUT2D eigenvalue weighted by Gasteiger charge is 2.24. The topological polar surface area (TPSA) is 58.9 Å². The smallest absolute Gasteiger partial charge is 0.235 e. The highest BCUT2D eigenvalue weighted by molar-refractivity contribution is 6.31. The molecule has 0 spiro atoms. The fourth-order valence-electron chi connectivity index (χ4n) is 1.35. The van der Waals surface area contributed by atoms with Gasteiger partial charge in [0, 0.05) is 11.6 Å². The number of isocyanates is 1. The molecule has 1 N–H and O–H groups in total. The summed E-state index contributed by atoms with van der Waals surface area (Å²) in [5, 5.41) is 10.00. The number of phenols is 1. The first-order valence-corrected chi connectivity index (χ1v) is 4.96. The maximum atomic E-state index is 10.3. The number of halogens is 1. The molecule has 0 fully saturated rings. The van der Waals surface area contributed by atoms with Crippen molar-refractivity contribution >= 4 is 17.7 Å². The number of aromatic hydroxyl groups is 1. The Balaban J connectivity index is 3.36. The van der Waals surface area contributed by atoms with Crippen LogP contribution in [-0.2, 0) is 10.3 Å². The number of hydrogen-bond acceptors (Lipinski definition) is 4. The van der Waals surface area contributed by atoms with Crippen molar-refractivity contribution in [3.8, 4) is 11.5 Å². The number of carbonyl (C=O) groups excluding carboxylic acids is 1. The standard InChI is InChI=1S/C11H12ClNO3/c1-11(2,13-6-14)7-4-9(15)10(16-3)5-8(7)12/h4-5,15H,1-3H3. The average Bonchev–Trinajstić information content (AvgIpc) is 2.20. The van der Waals surface area contributed by atoms with Crippen LogP contribution in [0.1, 0.15) is 19.4 Å². The Bertz CT molecular complexity index is 451. The summed E-state index contributed by atoms with van der Waals surface area (Å²) in [7, 11) is 1.43. The van der Waals surface area contributed by atoms with Gasteiger partial charge in [-0.25, -0.2) is 4.79 Å². The summed E-state index contributed by atoms with van der Waals surface area (Å²) in [6.07, 6.45) is 1.49. The predicted molar refractivity (Wildman–Crippen MR) is 60.8 cm³/mol. The minimum Gasteiger partial charge on any atom is -0.504 e. The molecule has 1 rings (SSSR count). The van der Waals surface area contributed by atoms with E-state index < -0.39 is 5.54 Å². The van der Waals surface area contributed by atoms with Crippen LogP contribution in [0.4, 0.5) is 0 Å². The zero-order valence-electron chi connectivity index (χ0n) is 9.24. The maximum absolute atomic E-state index is 10.3. The minimum atomic E-state index is -0.831. The molecule has 0 radical (unpaired) electrons. The SMILES string of the molecule is COc1cc(Cl)c(C(C)(C)N=C=O)cc1O. The van der Waals surface area contributed by atoms with Crippen molar-refractivity contribution in [2.45, 2.75) is 19.4 Å². The van der Waals surface area contributed by atoms with Gasteiger partial charge in [-0.2, -0.15) is 4.99 Å². The molecule has 0 atom stereocenters. The molecule has 5 heteroatoms. The number of hydrogen-bond donors (Lipinski definition) is 1. The van der Waals surface area contributed by atoms with Gasteiger partial charge in [0.25, 0.3) is 0 Å². The van der Waals surface area contributed by atoms with E-state index in [0.29, 0.717) is 10.6 Å². The number of phenolic OH excluding ortho intramolecular Hbond substituents is 1. The lowest BCUT2D eigenvalue weighted by molar-refractivity contribution is 0.372. The third-order valence-electron chi connectivity index (χ3n) is 2.25. The Morgan fingerprint density at radius 2 is 2.12 bits per heavy atom. The van der Waals surface area contributed by atoms with Gasteiger partial charge in [0.2, 0.25) is 6.08 Å². The summed E-state index contributed by atoms with van der Waals surface area (Å²) in [6.45, 7) is 3.40. The van der Waals surface area contributed by atoms with Crippen LogP contribution in [0, 0.1) is 0 Å². The third-order valence-corrected chi connectivity index (χ3v) is 2.57. The fraction of sp³-hybridized carbons (Fsp3) is 0.364. The predicted octanol–water partition coefficient (Wildman–Crippen LogP) is 2.63. The first kappa shape index (κ1) is 12.6. The van der Waals surface area contributed by atoms with Crippen LogP contribution >= 0.6 is 11.6 Å². The van der Waals surface area contributed by atoms with Gasteiger partial charge in [0.05, 0.1) is 17.7 Å². The Morgan fingerprint density at radius 3 is 2.62 bits per heavy atom. The van der Waals surface area contributed by atoms with Gasteiger partial charge in [0.15, 0.2) is 11.5 Å². The van der Waals surface area contributed by atoms with Crippen LogP contribution < -0.4 is 4.74 Å². The second kappa shape index (κ2) is 4.56. The van der Waals surface area contributed by atoms with E-state index in [0.717, 1.165) is 0 Å². The zero-order valence-corrected chi connectivity index (χ0v) is 10.00. The molecule has 16 heavy (non-hydrogen) atoms. The highest BCUT2D eigenvalue weighted by Crippen LogP contribution is 2.38. The lowest BCUT2D eigenvalue weighted by atomic mass is 9.94. The van der Waals surface area contributed by atoms with Crippen LogP contribution in [0.5, 0.6) is 11.5 Å². The van der Waals surface area contributed by atoms with Crippen molar-refractivity contribution < 1.29 is 14.6 Å². The number of rotatable bonds is 3. The molecule has 0 aliphatic heterocycles. The van der Waals surface area contributed by atoms with Gasteiger partial charge in [-0.05, 0) is 19.9 Å². The number of benzene rings is 1. The summed E-state index contributed by atoms with van der Waals surface area (Å²) < 4.78 is 4.91. The van der Waals surface area contributed by atoms with Crippen molar-refractivity contribution in [3.63, 3.8) is 0 Å². The Morgan fingerprint density at radius 1 is 1.50 bits per heavy atom. The molecule has 0 aliphatic carbocycles. The first-order chi connectivity index (χ1) is 7.42. The van der Waals surface area contributed by atoms with E-state index in [4.69, 9.17) is 16.3 Å². The van der Waals surface area contributed by atoms with Crippen LogP contribution in [0.3, 0.4) is 0 Å². The quantitative estimate of drug-likeness (QED) is 0.654. The molecule has 0 saturated heterocycles. The lowest BCUT2D eigenvalue weighted by Gasteiger charge is -2.20. The average molecular weight is 242 g/mol. The van der Waals surface area contributed by atoms with Gasteiger partial charge >= 0.3 is 0 Å². The summed E-state index contributed by atoms with van der Waals surface area (Å²) >= 11 is 6.02. The van der Waals surface area contributed by atoms with E-state index in [2.05, 4.69) is 4.99 Å². The molecule has 0 amide bonds. The largest absolute Gasteiger partial charge is 0.504 e. The van der Waals surface area contributed by atoms with Crippen molar-refractivity contribution in [3.05, 3.63) is 22.7 Å². The fourth-order valence-corrected chi connectivity index (χ4v) is 1.74. The van der Waals surface area contributed by atoms with Gasteiger partial charge in [-0.3, -0.25) is 0 Å². The van der Waals surface area contributed by atoms with Crippen LogP contribution in [0.15, 0.2) is 17.1 Å². The summed E-state index contributed by atoms with van der Waals surface area (Å²) in [6, 6.07) is 2.91. The number of ether oxygens (including phenoxy) is 1. The summed E-state index contributed by atoms with van der Waals surface area (Å²) in [5.41, 5.74) is -0.293. The van der Waals surface area contributed by atoms with E-state index in [9.17, 15) is 9.90 Å². The van der Waals surface area contributed by atoms with E-state index in [-0.39, 0.29) is 11.5 Å². The number of aliphatic imine (C=N–C) groups is 1. The Labute approximate surface area is 98.5 Å². The molecule has 1 aromatic carbocycles. The first-order valence-electron chi connectivity index (χ1n) is 4.58. The maximum Gasteiger partial charge on any atom is 0.235 e. The minimum absolute atomic E-state index is 0.0453. The molecule has 0 saturated carbocycles. The molecule has 0 bridgehead atoms. The second-order valence-corrected chi connectivity index (χ2v) is 4.17. The molecular weight excluding hydrogens is 230 g/mol. The van der Waals surface area contributed by atoms with Gasteiger partial charge in [-0.1, -0.05) is 11.6 Å². The molecule has 0 aromatic heterocycles. The third kappa shape index (κ3) is 2.35. The molecule has 0 unspecified atom stereocenters. The van der Waals surface area contributed by atoms with Crippen molar-refractivity contribution in [2.24, 2.45) is 4.99 Å². The Kier molecular flexibility index (Phi) is 3.58. The molecule has 4 nitrogen and oxygen atoms in total. The van der Waals surface area contributed by atoms with Gasteiger partial charge < -0.3 is 9.84 Å². The zero-order chi connectivity index (χ0) is 12.3. The van der Waals surface area contributed by atoms with Crippen molar-refractivity contribution in [2.75, 3.05) is 7.11 Å². The number of methoxy groups -OCH3 is 1. The highest BCUT2D eigenvalue weighted by atomic mass is 35.5. The monoisotopic (exact) mass is 241 g/mol. The molecule has 1 aromatic rings. The van der Waals surface area contributed by atoms with Gasteiger partial charge in [-0.15, -0.1) is 0 Å². The van der Waals surface area contributed by atoms with Crippen LogP contribution in [-0.4, -0.2) is 18.3 Å². The molecule has 0 heterocycles. The summed E-state index contributed by atoms with van der Waals surface area (Å²) in [5.74, 6) is 0.232. The lowest BCUT2D eigenvalue weighted by Crippen LogP contribution is -2.14. The van der Waals surface area contributed by atoms with E-state index in [1.54, 1.807) is 13.8 Å². The second-order valence-electron chi connectivity index (χ2n) is 3.77. The molecule has 0 aliphatic rings. The van der Waals surface area contributed by atoms with Gasteiger partial charge in [0.1, 0.15) is 0 Å². The van der Waals surface area contributed by atoms with E-state index >= 15 is 0 Å². The molecule has 86 valence electrons. The molecular formula is C11H12ClNO3. The van der Waals surface area contributed by atoms with E-state index in [1.807, 2.05) is 0 Å². The van der Waals surface area contributed by atoms with Crippen molar-refractivity contribution in [1.29, 1.82) is 0 Å². The van der Waals surface area contributed by atoms with Crippen LogP contribution in [0.25, 0.3) is 0 Å². The Hall–Kier alpha value is -1.51. The van der Waals surface area contributed by atoms with Crippen LogP contribution in [0.2, 0.25) is 5.02 Å².